The van der Waals surface area contributed by atoms with Crippen molar-refractivity contribution in [3.8, 4) is 78.4 Å². The van der Waals surface area contributed by atoms with Gasteiger partial charge in [-0.3, -0.25) is 0 Å². The number of benzene rings is 9. The van der Waals surface area contributed by atoms with E-state index < -0.39 is 0 Å². The Kier molecular flexibility index (Phi) is 8.64. The van der Waals surface area contributed by atoms with Crippen molar-refractivity contribution in [3.63, 3.8) is 0 Å². The van der Waals surface area contributed by atoms with Gasteiger partial charge < -0.3 is 0 Å². The van der Waals surface area contributed by atoms with E-state index in [1.807, 2.05) is 22.7 Å². The lowest BCUT2D eigenvalue weighted by atomic mass is 9.81. The molecule has 306 valence electrons. The SMILES string of the molecule is CC1(C)c2ccccc2-c2ccc(-c3ccc(-c4cc(-c5ccccc5)nc(-c5cc(-c6ccc7sc8ccccc8c7c6)cc(-c6ccc7sc8ccccc8c7c6)c5)n4)cc3)cc21. The van der Waals surface area contributed by atoms with E-state index in [1.54, 1.807) is 0 Å². The Balaban J connectivity index is 0.958. The van der Waals surface area contributed by atoms with Gasteiger partial charge >= 0.3 is 0 Å². The Morgan fingerprint density at radius 1 is 0.308 bits per heavy atom. The van der Waals surface area contributed by atoms with Crippen molar-refractivity contribution < 1.29 is 0 Å². The van der Waals surface area contributed by atoms with E-state index in [2.05, 4.69) is 220 Å². The monoisotopic (exact) mass is 864 g/mol. The smallest absolute Gasteiger partial charge is 0.160 e. The van der Waals surface area contributed by atoms with Crippen LogP contribution in [-0.2, 0) is 5.41 Å². The van der Waals surface area contributed by atoms with Gasteiger partial charge in [-0.15, -0.1) is 22.7 Å². The molecular formula is C61H40N2S2. The Bertz CT molecular complexity index is 3720. The first-order valence-corrected chi connectivity index (χ1v) is 23.8. The summed E-state index contributed by atoms with van der Waals surface area (Å²) < 4.78 is 5.20. The normalized spacial score (nSPS) is 12.9. The topological polar surface area (TPSA) is 25.8 Å². The highest BCUT2D eigenvalue weighted by Crippen LogP contribution is 2.50. The van der Waals surface area contributed by atoms with Gasteiger partial charge in [0.1, 0.15) is 0 Å². The molecule has 13 rings (SSSR count). The summed E-state index contributed by atoms with van der Waals surface area (Å²) >= 11 is 3.70. The van der Waals surface area contributed by atoms with Gasteiger partial charge in [-0.25, -0.2) is 9.97 Å². The van der Waals surface area contributed by atoms with E-state index >= 15 is 0 Å². The number of aromatic nitrogens is 2. The minimum absolute atomic E-state index is 0.0552. The molecule has 2 nitrogen and oxygen atoms in total. The summed E-state index contributed by atoms with van der Waals surface area (Å²) in [6, 6.07) is 75.5. The number of hydrogen-bond donors (Lipinski definition) is 0. The van der Waals surface area contributed by atoms with Gasteiger partial charge in [0.2, 0.25) is 0 Å². The lowest BCUT2D eigenvalue weighted by Crippen LogP contribution is -2.14. The maximum atomic E-state index is 5.42. The van der Waals surface area contributed by atoms with Crippen molar-refractivity contribution in [1.29, 1.82) is 0 Å². The third-order valence-corrected chi connectivity index (χ3v) is 15.8. The fourth-order valence-electron chi connectivity index (χ4n) is 10.1. The molecule has 4 heteroatoms. The Hall–Kier alpha value is -7.50. The minimum Gasteiger partial charge on any atom is -0.228 e. The summed E-state index contributed by atoms with van der Waals surface area (Å²) in [5, 5.41) is 5.15. The molecule has 0 saturated carbocycles. The quantitative estimate of drug-likeness (QED) is 0.166. The molecule has 0 bridgehead atoms. The lowest BCUT2D eigenvalue weighted by Gasteiger charge is -2.22. The van der Waals surface area contributed by atoms with E-state index in [-0.39, 0.29) is 5.41 Å². The highest BCUT2D eigenvalue weighted by molar-refractivity contribution is 7.26. The molecule has 0 radical (unpaired) electrons. The van der Waals surface area contributed by atoms with Gasteiger partial charge in [-0.1, -0.05) is 153 Å². The van der Waals surface area contributed by atoms with E-state index in [4.69, 9.17) is 9.97 Å². The van der Waals surface area contributed by atoms with E-state index in [0.29, 0.717) is 5.82 Å². The maximum Gasteiger partial charge on any atom is 0.160 e. The minimum atomic E-state index is -0.0552. The third kappa shape index (κ3) is 6.36. The van der Waals surface area contributed by atoms with Gasteiger partial charge in [-0.2, -0.15) is 0 Å². The predicted molar refractivity (Wildman–Crippen MR) is 278 cm³/mol. The van der Waals surface area contributed by atoms with Crippen LogP contribution in [0.2, 0.25) is 0 Å². The number of fused-ring (bicyclic) bond motifs is 9. The molecule has 1 aliphatic rings. The Morgan fingerprint density at radius 2 is 0.769 bits per heavy atom. The molecule has 9 aromatic carbocycles. The number of nitrogens with zero attached hydrogens (tertiary/aromatic N) is 2. The number of hydrogen-bond acceptors (Lipinski definition) is 4. The maximum absolute atomic E-state index is 5.42. The first-order valence-electron chi connectivity index (χ1n) is 22.2. The number of rotatable bonds is 6. The van der Waals surface area contributed by atoms with Crippen molar-refractivity contribution in [2.45, 2.75) is 19.3 Å². The van der Waals surface area contributed by atoms with Crippen LogP contribution in [0.15, 0.2) is 206 Å². The predicted octanol–water partition coefficient (Wildman–Crippen LogP) is 17.5. The van der Waals surface area contributed by atoms with E-state index in [0.717, 1.165) is 39.2 Å². The zero-order valence-corrected chi connectivity index (χ0v) is 37.5. The summed E-state index contributed by atoms with van der Waals surface area (Å²) in [6.45, 7) is 4.68. The Morgan fingerprint density at radius 3 is 1.42 bits per heavy atom. The molecule has 1 aliphatic carbocycles. The summed E-state index contributed by atoms with van der Waals surface area (Å²) in [4.78, 5) is 10.8. The van der Waals surface area contributed by atoms with Crippen molar-refractivity contribution in [1.82, 2.24) is 9.97 Å². The van der Waals surface area contributed by atoms with Gasteiger partial charge in [0.05, 0.1) is 11.4 Å². The van der Waals surface area contributed by atoms with Crippen LogP contribution < -0.4 is 0 Å². The van der Waals surface area contributed by atoms with E-state index in [1.165, 1.54) is 84.9 Å². The first-order chi connectivity index (χ1) is 31.9. The second kappa shape index (κ2) is 14.8. The molecule has 0 unspecified atom stereocenters. The van der Waals surface area contributed by atoms with Gasteiger partial charge in [0.15, 0.2) is 5.82 Å². The van der Waals surface area contributed by atoms with Crippen LogP contribution >= 0.6 is 22.7 Å². The van der Waals surface area contributed by atoms with Crippen LogP contribution in [0.5, 0.6) is 0 Å². The third-order valence-electron chi connectivity index (χ3n) is 13.5. The van der Waals surface area contributed by atoms with Crippen LogP contribution in [0, 0.1) is 0 Å². The van der Waals surface area contributed by atoms with Gasteiger partial charge in [-0.05, 0) is 122 Å². The average molecular weight is 865 g/mol. The van der Waals surface area contributed by atoms with Crippen molar-refractivity contribution in [3.05, 3.63) is 217 Å². The van der Waals surface area contributed by atoms with Crippen molar-refractivity contribution >= 4 is 63.0 Å². The molecule has 3 aromatic heterocycles. The summed E-state index contributed by atoms with van der Waals surface area (Å²) in [7, 11) is 0. The van der Waals surface area contributed by atoms with Gasteiger partial charge in [0.25, 0.3) is 0 Å². The van der Waals surface area contributed by atoms with Crippen LogP contribution in [0.3, 0.4) is 0 Å². The van der Waals surface area contributed by atoms with Crippen LogP contribution in [0.4, 0.5) is 0 Å². The largest absolute Gasteiger partial charge is 0.228 e. The molecule has 0 saturated heterocycles. The lowest BCUT2D eigenvalue weighted by molar-refractivity contribution is 0.660. The molecule has 0 N–H and O–H groups in total. The summed E-state index contributed by atoms with van der Waals surface area (Å²) in [5.41, 5.74) is 17.2. The van der Waals surface area contributed by atoms with Crippen molar-refractivity contribution in [2.75, 3.05) is 0 Å². The molecule has 3 heterocycles. The molecule has 0 fully saturated rings. The number of thiophene rings is 2. The first kappa shape index (κ1) is 38.0. The molecule has 0 atom stereocenters. The van der Waals surface area contributed by atoms with Crippen molar-refractivity contribution in [2.24, 2.45) is 0 Å². The highest BCUT2D eigenvalue weighted by atomic mass is 32.1. The van der Waals surface area contributed by atoms with Crippen LogP contribution in [0.25, 0.3) is 119 Å². The highest BCUT2D eigenvalue weighted by Gasteiger charge is 2.35. The molecule has 0 aliphatic heterocycles. The van der Waals surface area contributed by atoms with Crippen LogP contribution in [0.1, 0.15) is 25.0 Å². The molecule has 0 spiro atoms. The standard InChI is InChI=1S/C61H40N2S2/c1-61(2)52-17-9-6-14-46(52)47-27-24-42(35-53(47)61)37-20-22-39(23-21-37)55-36-54(38-12-4-3-5-13-38)62-60(63-55)45-31-43(40-25-28-58-50(33-40)48-15-7-10-18-56(48)64-58)30-44(32-45)41-26-29-59-51(34-41)49-16-8-11-19-57(49)65-59/h3-36H,1-2H3. The zero-order chi connectivity index (χ0) is 43.2. The molecule has 0 amide bonds. The fourth-order valence-corrected chi connectivity index (χ4v) is 12.3. The zero-order valence-electron chi connectivity index (χ0n) is 35.8. The van der Waals surface area contributed by atoms with Crippen LogP contribution in [-0.4, -0.2) is 9.97 Å². The fraction of sp³-hybridized carbons (Fsp3) is 0.0492. The second-order valence-electron chi connectivity index (χ2n) is 17.8. The summed E-state index contributed by atoms with van der Waals surface area (Å²) in [5.74, 6) is 0.693. The van der Waals surface area contributed by atoms with Gasteiger partial charge in [0, 0.05) is 62.4 Å². The average Bonchev–Trinajstić information content (AvgIpc) is 4.00. The second-order valence-corrected chi connectivity index (χ2v) is 19.9. The summed E-state index contributed by atoms with van der Waals surface area (Å²) in [6.07, 6.45) is 0. The molecule has 12 aromatic rings. The molecular weight excluding hydrogens is 825 g/mol. The Labute approximate surface area is 385 Å². The van der Waals surface area contributed by atoms with E-state index in [9.17, 15) is 0 Å². The molecule has 65 heavy (non-hydrogen) atoms.